The van der Waals surface area contributed by atoms with Crippen LogP contribution in [-0.2, 0) is 11.3 Å². The first-order valence-corrected chi connectivity index (χ1v) is 9.39. The van der Waals surface area contributed by atoms with E-state index in [9.17, 15) is 9.59 Å². The molecule has 0 aromatic heterocycles. The summed E-state index contributed by atoms with van der Waals surface area (Å²) in [6, 6.07) is 19.2. The van der Waals surface area contributed by atoms with Gasteiger partial charge < -0.3 is 10.2 Å². The maximum absolute atomic E-state index is 12.9. The van der Waals surface area contributed by atoms with Crippen LogP contribution in [0, 0.1) is 0 Å². The van der Waals surface area contributed by atoms with E-state index >= 15 is 0 Å². The van der Waals surface area contributed by atoms with Crippen LogP contribution in [0.5, 0.6) is 0 Å². The molecule has 1 N–H and O–H groups in total. The molecule has 0 radical (unpaired) electrons. The molecule has 2 aliphatic heterocycles. The highest BCUT2D eigenvalue weighted by Crippen LogP contribution is 2.19. The molecule has 6 nitrogen and oxygen atoms in total. The lowest BCUT2D eigenvalue weighted by atomic mass is 10.2. The number of benzene rings is 2. The van der Waals surface area contributed by atoms with Gasteiger partial charge in [-0.25, -0.2) is 4.79 Å². The monoisotopic (exact) mass is 364 g/mol. The van der Waals surface area contributed by atoms with E-state index in [1.54, 1.807) is 4.90 Å². The Labute approximate surface area is 159 Å². The molecule has 27 heavy (non-hydrogen) atoms. The number of para-hydroxylation sites is 1. The van der Waals surface area contributed by atoms with Gasteiger partial charge in [0.15, 0.2) is 0 Å². The van der Waals surface area contributed by atoms with Crippen LogP contribution >= 0.6 is 0 Å². The number of amides is 3. The van der Waals surface area contributed by atoms with Crippen LogP contribution in [0.3, 0.4) is 0 Å². The quantitative estimate of drug-likeness (QED) is 0.902. The van der Waals surface area contributed by atoms with E-state index in [4.69, 9.17) is 0 Å². The number of nitrogens with zero attached hydrogens (tertiary/aromatic N) is 3. The number of carbonyl (C=O) groups is 2. The highest BCUT2D eigenvalue weighted by molar-refractivity contribution is 6.00. The molecule has 1 atom stereocenters. The zero-order valence-corrected chi connectivity index (χ0v) is 15.3. The fraction of sp³-hybridized carbons (Fsp3) is 0.333. The second-order valence-electron chi connectivity index (χ2n) is 7.04. The van der Waals surface area contributed by atoms with Crippen LogP contribution < -0.4 is 10.2 Å². The molecular formula is C21H24N4O2. The minimum atomic E-state index is -0.474. The normalized spacial score (nSPS) is 20.6. The Morgan fingerprint density at radius 2 is 1.56 bits per heavy atom. The van der Waals surface area contributed by atoms with Crippen molar-refractivity contribution < 1.29 is 9.59 Å². The number of nitrogens with one attached hydrogen (secondary N) is 1. The third-order valence-electron chi connectivity index (χ3n) is 5.21. The molecule has 140 valence electrons. The molecule has 4 rings (SSSR count). The van der Waals surface area contributed by atoms with Gasteiger partial charge in [-0.15, -0.1) is 0 Å². The maximum atomic E-state index is 12.9. The van der Waals surface area contributed by atoms with Crippen LogP contribution in [-0.4, -0.2) is 60.5 Å². The van der Waals surface area contributed by atoms with E-state index in [0.717, 1.165) is 25.3 Å². The predicted octanol–water partition coefficient (Wildman–Crippen LogP) is 1.93. The minimum Gasteiger partial charge on any atom is -0.338 e. The summed E-state index contributed by atoms with van der Waals surface area (Å²) < 4.78 is 0. The van der Waals surface area contributed by atoms with Crippen molar-refractivity contribution in [3.63, 3.8) is 0 Å². The molecular weight excluding hydrogens is 340 g/mol. The summed E-state index contributed by atoms with van der Waals surface area (Å²) in [7, 11) is 0. The number of carbonyl (C=O) groups excluding carboxylic acids is 2. The largest absolute Gasteiger partial charge is 0.338 e. The minimum absolute atomic E-state index is 0.0149. The standard InChI is InChI=1S/C21H24N4O2/c26-20(19-16-25(21(27)22-19)18-9-5-2-6-10-18)24-13-11-23(12-14-24)15-17-7-3-1-4-8-17/h1-10,19H,11-16H2,(H,22,27). The van der Waals surface area contributed by atoms with Crippen LogP contribution in [0.1, 0.15) is 5.56 Å². The highest BCUT2D eigenvalue weighted by atomic mass is 16.2. The lowest BCUT2D eigenvalue weighted by Crippen LogP contribution is -2.53. The molecule has 3 amide bonds. The van der Waals surface area contributed by atoms with Crippen molar-refractivity contribution in [1.82, 2.24) is 15.1 Å². The van der Waals surface area contributed by atoms with Gasteiger partial charge in [0.2, 0.25) is 5.91 Å². The number of anilines is 1. The average Bonchev–Trinajstić information content (AvgIpc) is 3.11. The van der Waals surface area contributed by atoms with Gasteiger partial charge in [0.1, 0.15) is 6.04 Å². The molecule has 0 bridgehead atoms. The molecule has 1 unspecified atom stereocenters. The van der Waals surface area contributed by atoms with Gasteiger partial charge in [-0.1, -0.05) is 48.5 Å². The molecule has 2 aromatic carbocycles. The van der Waals surface area contributed by atoms with Gasteiger partial charge in [0.05, 0.1) is 6.54 Å². The molecule has 2 saturated heterocycles. The molecule has 2 fully saturated rings. The van der Waals surface area contributed by atoms with Crippen molar-refractivity contribution in [3.8, 4) is 0 Å². The average molecular weight is 364 g/mol. The van der Waals surface area contributed by atoms with Gasteiger partial charge in [-0.3, -0.25) is 14.6 Å². The first kappa shape index (κ1) is 17.5. The van der Waals surface area contributed by atoms with E-state index in [1.807, 2.05) is 41.3 Å². The van der Waals surface area contributed by atoms with Crippen molar-refractivity contribution in [2.24, 2.45) is 0 Å². The smallest absolute Gasteiger partial charge is 0.322 e. The zero-order valence-electron chi connectivity index (χ0n) is 15.3. The van der Waals surface area contributed by atoms with Crippen LogP contribution in [0.2, 0.25) is 0 Å². The number of urea groups is 1. The molecule has 2 aromatic rings. The third kappa shape index (κ3) is 3.95. The van der Waals surface area contributed by atoms with Crippen LogP contribution in [0.25, 0.3) is 0 Å². The summed E-state index contributed by atoms with van der Waals surface area (Å²) in [6.07, 6.45) is 0. The number of hydrogen-bond donors (Lipinski definition) is 1. The second kappa shape index (κ2) is 7.80. The van der Waals surface area contributed by atoms with Gasteiger partial charge in [0.25, 0.3) is 0 Å². The third-order valence-corrected chi connectivity index (χ3v) is 5.21. The Hall–Kier alpha value is -2.86. The number of piperazine rings is 1. The van der Waals surface area contributed by atoms with E-state index < -0.39 is 6.04 Å². The molecule has 6 heteroatoms. The Kier molecular flexibility index (Phi) is 5.07. The van der Waals surface area contributed by atoms with Gasteiger partial charge in [-0.05, 0) is 17.7 Å². The van der Waals surface area contributed by atoms with E-state index in [0.29, 0.717) is 19.6 Å². The summed E-state index contributed by atoms with van der Waals surface area (Å²) in [5.41, 5.74) is 2.11. The number of rotatable bonds is 4. The van der Waals surface area contributed by atoms with E-state index in [1.165, 1.54) is 5.56 Å². The fourth-order valence-electron chi connectivity index (χ4n) is 3.70. The lowest BCUT2D eigenvalue weighted by molar-refractivity contribution is -0.134. The first-order valence-electron chi connectivity index (χ1n) is 9.39. The summed E-state index contributed by atoms with van der Waals surface area (Å²) in [5.74, 6) is 0.0149. The summed E-state index contributed by atoms with van der Waals surface area (Å²) in [6.45, 7) is 4.39. The summed E-state index contributed by atoms with van der Waals surface area (Å²) in [5, 5.41) is 2.83. The predicted molar refractivity (Wildman–Crippen MR) is 104 cm³/mol. The van der Waals surface area contributed by atoms with Gasteiger partial charge >= 0.3 is 6.03 Å². The second-order valence-corrected chi connectivity index (χ2v) is 7.04. The van der Waals surface area contributed by atoms with Crippen molar-refractivity contribution in [1.29, 1.82) is 0 Å². The Balaban J connectivity index is 1.31. The number of hydrogen-bond acceptors (Lipinski definition) is 3. The van der Waals surface area contributed by atoms with Gasteiger partial charge in [-0.2, -0.15) is 0 Å². The molecule has 0 saturated carbocycles. The maximum Gasteiger partial charge on any atom is 0.322 e. The van der Waals surface area contributed by atoms with Crippen LogP contribution in [0.4, 0.5) is 10.5 Å². The van der Waals surface area contributed by atoms with Crippen molar-refractivity contribution >= 4 is 17.6 Å². The van der Waals surface area contributed by atoms with Gasteiger partial charge in [0, 0.05) is 38.4 Å². The van der Waals surface area contributed by atoms with E-state index in [-0.39, 0.29) is 11.9 Å². The molecule has 2 aliphatic rings. The molecule has 2 heterocycles. The summed E-state index contributed by atoms with van der Waals surface area (Å²) >= 11 is 0. The fourth-order valence-corrected chi connectivity index (χ4v) is 3.70. The van der Waals surface area contributed by atoms with Crippen molar-refractivity contribution in [3.05, 3.63) is 66.2 Å². The van der Waals surface area contributed by atoms with Crippen molar-refractivity contribution in [2.75, 3.05) is 37.6 Å². The molecule has 0 aliphatic carbocycles. The lowest BCUT2D eigenvalue weighted by Gasteiger charge is -2.35. The summed E-state index contributed by atoms with van der Waals surface area (Å²) in [4.78, 5) is 31.0. The zero-order chi connectivity index (χ0) is 18.6. The topological polar surface area (TPSA) is 55.9 Å². The Morgan fingerprint density at radius 3 is 2.22 bits per heavy atom. The van der Waals surface area contributed by atoms with E-state index in [2.05, 4.69) is 34.5 Å². The SMILES string of the molecule is O=C(C1CN(c2ccccc2)C(=O)N1)N1CCN(Cc2ccccc2)CC1. The van der Waals surface area contributed by atoms with Crippen molar-refractivity contribution in [2.45, 2.75) is 12.6 Å². The first-order chi connectivity index (χ1) is 13.2. The molecule has 0 spiro atoms. The Morgan fingerprint density at radius 1 is 0.926 bits per heavy atom. The van der Waals surface area contributed by atoms with Crippen LogP contribution in [0.15, 0.2) is 60.7 Å². The highest BCUT2D eigenvalue weighted by Gasteiger charge is 2.37. The Bertz CT molecular complexity index is 788.